The van der Waals surface area contributed by atoms with Gasteiger partial charge in [-0.25, -0.2) is 4.98 Å². The van der Waals surface area contributed by atoms with Gasteiger partial charge in [0.25, 0.3) is 11.7 Å². The number of aryl methyl sites for hydroxylation is 1. The van der Waals surface area contributed by atoms with Crippen LogP contribution in [0.4, 0.5) is 17.2 Å². The van der Waals surface area contributed by atoms with Crippen molar-refractivity contribution in [1.82, 2.24) is 24.5 Å². The predicted molar refractivity (Wildman–Crippen MR) is 126 cm³/mol. The molecular formula is C24H27N7O2. The van der Waals surface area contributed by atoms with Crippen LogP contribution in [0.1, 0.15) is 35.2 Å². The van der Waals surface area contributed by atoms with Gasteiger partial charge in [0.05, 0.1) is 6.26 Å². The van der Waals surface area contributed by atoms with Gasteiger partial charge in [-0.15, -0.1) is 0 Å². The molecule has 170 valence electrons. The lowest BCUT2D eigenvalue weighted by molar-refractivity contribution is 0.0714. The summed E-state index contributed by atoms with van der Waals surface area (Å²) in [5.74, 6) is 1.85. The summed E-state index contributed by atoms with van der Waals surface area (Å²) >= 11 is 0. The zero-order valence-corrected chi connectivity index (χ0v) is 18.9. The van der Waals surface area contributed by atoms with Crippen LogP contribution >= 0.6 is 0 Å². The third-order valence-electron chi connectivity index (χ3n) is 6.03. The fraction of sp³-hybridized carbons (Fsp3) is 0.333. The van der Waals surface area contributed by atoms with Crippen molar-refractivity contribution >= 4 is 28.9 Å². The van der Waals surface area contributed by atoms with Crippen molar-refractivity contribution < 1.29 is 9.21 Å². The van der Waals surface area contributed by atoms with E-state index in [4.69, 9.17) is 4.42 Å². The molecule has 1 amide bonds. The zero-order chi connectivity index (χ0) is 22.8. The Morgan fingerprint density at radius 2 is 1.91 bits per heavy atom. The SMILES string of the molecule is CCCc1c(C)nc2ncnn2c1Nc1ccc(N2CCN(C(=O)c3ccco3)CC2)cc1. The van der Waals surface area contributed by atoms with Crippen LogP contribution < -0.4 is 10.2 Å². The Morgan fingerprint density at radius 3 is 2.61 bits per heavy atom. The van der Waals surface area contributed by atoms with E-state index in [2.05, 4.69) is 56.5 Å². The van der Waals surface area contributed by atoms with E-state index in [-0.39, 0.29) is 5.91 Å². The highest BCUT2D eigenvalue weighted by atomic mass is 16.3. The first kappa shape index (κ1) is 21.0. The average Bonchev–Trinajstić information content (AvgIpc) is 3.54. The molecule has 3 aromatic heterocycles. The molecule has 1 aliphatic heterocycles. The van der Waals surface area contributed by atoms with E-state index in [9.17, 15) is 4.79 Å². The number of furan rings is 1. The van der Waals surface area contributed by atoms with E-state index in [1.54, 1.807) is 16.6 Å². The van der Waals surface area contributed by atoms with Crippen LogP contribution in [0.2, 0.25) is 0 Å². The van der Waals surface area contributed by atoms with Gasteiger partial charge in [0.15, 0.2) is 5.76 Å². The Kier molecular flexibility index (Phi) is 5.68. The quantitative estimate of drug-likeness (QED) is 0.484. The van der Waals surface area contributed by atoms with Crippen molar-refractivity contribution in [3.8, 4) is 0 Å². The van der Waals surface area contributed by atoms with Crippen molar-refractivity contribution in [3.05, 3.63) is 66.0 Å². The summed E-state index contributed by atoms with van der Waals surface area (Å²) < 4.78 is 7.01. The first-order chi connectivity index (χ1) is 16.1. The minimum atomic E-state index is -0.0471. The number of hydrogen-bond acceptors (Lipinski definition) is 7. The highest BCUT2D eigenvalue weighted by molar-refractivity contribution is 5.91. The van der Waals surface area contributed by atoms with Gasteiger partial charge in [-0.1, -0.05) is 13.3 Å². The Bertz CT molecular complexity index is 1240. The van der Waals surface area contributed by atoms with E-state index in [0.29, 0.717) is 24.6 Å². The summed E-state index contributed by atoms with van der Waals surface area (Å²) in [6.07, 6.45) is 4.99. The highest BCUT2D eigenvalue weighted by Crippen LogP contribution is 2.26. The molecule has 1 aromatic carbocycles. The average molecular weight is 446 g/mol. The van der Waals surface area contributed by atoms with E-state index in [1.165, 1.54) is 12.6 Å². The molecule has 9 nitrogen and oxygen atoms in total. The number of rotatable bonds is 6. The molecule has 4 heterocycles. The second-order valence-electron chi connectivity index (χ2n) is 8.17. The van der Waals surface area contributed by atoms with Gasteiger partial charge < -0.3 is 19.5 Å². The molecule has 0 aliphatic carbocycles. The largest absolute Gasteiger partial charge is 0.459 e. The molecule has 5 rings (SSSR count). The van der Waals surface area contributed by atoms with Crippen molar-refractivity contribution in [2.24, 2.45) is 0 Å². The van der Waals surface area contributed by atoms with Crippen LogP contribution in [0.5, 0.6) is 0 Å². The number of piperazine rings is 1. The van der Waals surface area contributed by atoms with Gasteiger partial charge in [0.1, 0.15) is 12.1 Å². The standard InChI is InChI=1S/C24H27N7O2/c1-3-5-20-17(2)27-24-25-16-26-31(24)22(20)28-18-7-9-19(10-8-18)29-11-13-30(14-12-29)23(32)21-6-4-15-33-21/h4,6-10,15-16,28H,3,5,11-14H2,1-2H3. The molecule has 0 radical (unpaired) electrons. The molecule has 4 aromatic rings. The number of nitrogens with zero attached hydrogens (tertiary/aromatic N) is 6. The van der Waals surface area contributed by atoms with Crippen molar-refractivity contribution in [2.75, 3.05) is 36.4 Å². The summed E-state index contributed by atoms with van der Waals surface area (Å²) in [7, 11) is 0. The molecule has 33 heavy (non-hydrogen) atoms. The molecule has 1 saturated heterocycles. The molecule has 1 N–H and O–H groups in total. The highest BCUT2D eigenvalue weighted by Gasteiger charge is 2.24. The van der Waals surface area contributed by atoms with Gasteiger partial charge >= 0.3 is 0 Å². The Hall–Kier alpha value is -3.88. The van der Waals surface area contributed by atoms with Gasteiger partial charge in [0, 0.05) is 48.8 Å². The second-order valence-corrected chi connectivity index (χ2v) is 8.17. The molecular weight excluding hydrogens is 418 g/mol. The number of anilines is 3. The van der Waals surface area contributed by atoms with E-state index in [1.807, 2.05) is 11.8 Å². The monoisotopic (exact) mass is 445 g/mol. The van der Waals surface area contributed by atoms with Crippen molar-refractivity contribution in [2.45, 2.75) is 26.7 Å². The fourth-order valence-electron chi connectivity index (χ4n) is 4.28. The summed E-state index contributed by atoms with van der Waals surface area (Å²) in [6, 6.07) is 11.8. The third-order valence-corrected chi connectivity index (χ3v) is 6.03. The van der Waals surface area contributed by atoms with Crippen LogP contribution in [0.15, 0.2) is 53.4 Å². The topological polar surface area (TPSA) is 91.8 Å². The molecule has 1 fully saturated rings. The van der Waals surface area contributed by atoms with E-state index < -0.39 is 0 Å². The number of fused-ring (bicyclic) bond motifs is 1. The number of carbonyl (C=O) groups excluding carboxylic acids is 1. The maximum Gasteiger partial charge on any atom is 0.289 e. The maximum absolute atomic E-state index is 12.5. The number of amides is 1. The molecule has 0 bridgehead atoms. The molecule has 0 saturated carbocycles. The van der Waals surface area contributed by atoms with E-state index in [0.717, 1.165) is 54.4 Å². The maximum atomic E-state index is 12.5. The smallest absolute Gasteiger partial charge is 0.289 e. The lowest BCUT2D eigenvalue weighted by atomic mass is 10.1. The number of benzene rings is 1. The van der Waals surface area contributed by atoms with Gasteiger partial charge in [0.2, 0.25) is 0 Å². The molecule has 1 aliphatic rings. The zero-order valence-electron chi connectivity index (χ0n) is 18.9. The van der Waals surface area contributed by atoms with Gasteiger partial charge in [-0.2, -0.15) is 14.6 Å². The first-order valence-electron chi connectivity index (χ1n) is 11.3. The lowest BCUT2D eigenvalue weighted by Crippen LogP contribution is -2.48. The minimum absolute atomic E-state index is 0.0471. The molecule has 0 unspecified atom stereocenters. The van der Waals surface area contributed by atoms with Crippen LogP contribution in [0, 0.1) is 6.92 Å². The normalized spacial score (nSPS) is 14.1. The summed E-state index contributed by atoms with van der Waals surface area (Å²) in [4.78, 5) is 25.5. The Balaban J connectivity index is 1.29. The third kappa shape index (κ3) is 4.13. The second kappa shape index (κ2) is 8.93. The van der Waals surface area contributed by atoms with Crippen LogP contribution in [-0.2, 0) is 6.42 Å². The van der Waals surface area contributed by atoms with E-state index >= 15 is 0 Å². The summed E-state index contributed by atoms with van der Waals surface area (Å²) in [6.45, 7) is 7.07. The lowest BCUT2D eigenvalue weighted by Gasteiger charge is -2.35. The number of hydrogen-bond donors (Lipinski definition) is 1. The van der Waals surface area contributed by atoms with Crippen molar-refractivity contribution in [3.63, 3.8) is 0 Å². The Morgan fingerprint density at radius 1 is 1.12 bits per heavy atom. The van der Waals surface area contributed by atoms with Gasteiger partial charge in [-0.3, -0.25) is 4.79 Å². The molecule has 0 atom stereocenters. The summed E-state index contributed by atoms with van der Waals surface area (Å²) in [5.41, 5.74) is 4.23. The first-order valence-corrected chi connectivity index (χ1v) is 11.3. The molecule has 0 spiro atoms. The van der Waals surface area contributed by atoms with Crippen LogP contribution in [0.3, 0.4) is 0 Å². The van der Waals surface area contributed by atoms with Gasteiger partial charge in [-0.05, 0) is 49.7 Å². The minimum Gasteiger partial charge on any atom is -0.459 e. The molecule has 9 heteroatoms. The fourth-order valence-corrected chi connectivity index (χ4v) is 4.28. The van der Waals surface area contributed by atoms with Crippen LogP contribution in [0.25, 0.3) is 5.78 Å². The summed E-state index contributed by atoms with van der Waals surface area (Å²) in [5, 5.41) is 7.90. The van der Waals surface area contributed by atoms with Crippen molar-refractivity contribution in [1.29, 1.82) is 0 Å². The number of aromatic nitrogens is 4. The number of nitrogens with one attached hydrogen (secondary N) is 1. The number of carbonyl (C=O) groups is 1. The van der Waals surface area contributed by atoms with Crippen LogP contribution in [-0.4, -0.2) is 56.6 Å². The Labute approximate surface area is 192 Å². The predicted octanol–water partition coefficient (Wildman–Crippen LogP) is 3.68.